The van der Waals surface area contributed by atoms with Crippen LogP contribution in [0.4, 0.5) is 5.13 Å². The van der Waals surface area contributed by atoms with Crippen LogP contribution in [-0.4, -0.2) is 28.9 Å². The van der Waals surface area contributed by atoms with Crippen molar-refractivity contribution in [1.82, 2.24) is 9.88 Å². The van der Waals surface area contributed by atoms with Crippen molar-refractivity contribution < 1.29 is 4.79 Å². The zero-order chi connectivity index (χ0) is 16.2. The molecule has 1 aromatic carbocycles. The van der Waals surface area contributed by atoms with Gasteiger partial charge in [0, 0.05) is 35.3 Å². The van der Waals surface area contributed by atoms with Crippen molar-refractivity contribution in [3.8, 4) is 0 Å². The molecule has 1 aromatic heterocycles. The molecule has 0 spiro atoms. The number of nitrogens with zero attached hydrogens (tertiary/aromatic N) is 2. The smallest absolute Gasteiger partial charge is 0.226 e. The van der Waals surface area contributed by atoms with E-state index in [9.17, 15) is 4.79 Å². The van der Waals surface area contributed by atoms with E-state index in [0.29, 0.717) is 6.42 Å². The summed E-state index contributed by atoms with van der Waals surface area (Å²) in [6.07, 6.45) is 2.19. The van der Waals surface area contributed by atoms with Crippen LogP contribution in [0.1, 0.15) is 29.5 Å². The molecule has 2 aromatic rings. The number of fused-ring (bicyclic) bond motifs is 1. The predicted octanol–water partition coefficient (Wildman–Crippen LogP) is 3.85. The predicted molar refractivity (Wildman–Crippen MR) is 97.9 cm³/mol. The van der Waals surface area contributed by atoms with E-state index in [2.05, 4.69) is 44.1 Å². The minimum absolute atomic E-state index is 0.0309. The molecule has 122 valence electrons. The lowest BCUT2D eigenvalue weighted by Gasteiger charge is -2.23. The summed E-state index contributed by atoms with van der Waals surface area (Å²) >= 11 is 5.07. The van der Waals surface area contributed by atoms with Gasteiger partial charge in [-0.3, -0.25) is 9.69 Å². The summed E-state index contributed by atoms with van der Waals surface area (Å²) < 4.78 is 1.04. The summed E-state index contributed by atoms with van der Waals surface area (Å²) in [5.74, 6) is 0.0309. The standard InChI is InChI=1S/C17H20BrN3OS/c1-2-21-9-8-14-15(11-21)23-17(19-14)20-16(22)7-6-12-4-3-5-13(18)10-12/h3-5,10H,2,6-9,11H2,1H3,(H,19,20,22). The summed E-state index contributed by atoms with van der Waals surface area (Å²) in [7, 11) is 0. The third kappa shape index (κ3) is 4.40. The molecule has 23 heavy (non-hydrogen) atoms. The van der Waals surface area contributed by atoms with Crippen molar-refractivity contribution in [3.63, 3.8) is 0 Å². The van der Waals surface area contributed by atoms with E-state index in [-0.39, 0.29) is 5.91 Å². The number of anilines is 1. The number of likely N-dealkylation sites (N-methyl/N-ethyl adjacent to an activating group) is 1. The number of carbonyl (C=O) groups is 1. The molecule has 6 heteroatoms. The van der Waals surface area contributed by atoms with Gasteiger partial charge < -0.3 is 5.32 Å². The normalized spacial score (nSPS) is 14.5. The van der Waals surface area contributed by atoms with E-state index in [0.717, 1.165) is 53.3 Å². The van der Waals surface area contributed by atoms with Gasteiger partial charge in [-0.15, -0.1) is 11.3 Å². The summed E-state index contributed by atoms with van der Waals surface area (Å²) in [4.78, 5) is 20.4. The number of aromatic nitrogens is 1. The average molecular weight is 394 g/mol. The fourth-order valence-corrected chi connectivity index (χ4v) is 4.22. The maximum atomic E-state index is 12.1. The highest BCUT2D eigenvalue weighted by atomic mass is 79.9. The summed E-state index contributed by atoms with van der Waals surface area (Å²) in [5.41, 5.74) is 2.31. The molecule has 2 heterocycles. The van der Waals surface area contributed by atoms with Crippen molar-refractivity contribution in [2.24, 2.45) is 0 Å². The molecule has 0 atom stereocenters. The first-order chi connectivity index (χ1) is 11.1. The maximum absolute atomic E-state index is 12.1. The molecular weight excluding hydrogens is 374 g/mol. The highest BCUT2D eigenvalue weighted by Crippen LogP contribution is 2.28. The second-order valence-electron chi connectivity index (χ2n) is 5.69. The van der Waals surface area contributed by atoms with Crippen molar-refractivity contribution in [1.29, 1.82) is 0 Å². The Labute approximate surface area is 149 Å². The van der Waals surface area contributed by atoms with Gasteiger partial charge in [0.05, 0.1) is 5.69 Å². The van der Waals surface area contributed by atoms with Crippen LogP contribution in [-0.2, 0) is 24.2 Å². The van der Waals surface area contributed by atoms with Crippen molar-refractivity contribution in [3.05, 3.63) is 44.9 Å². The van der Waals surface area contributed by atoms with Gasteiger partial charge in [0.25, 0.3) is 0 Å². The third-order valence-electron chi connectivity index (χ3n) is 4.03. The van der Waals surface area contributed by atoms with Gasteiger partial charge in [-0.1, -0.05) is 35.0 Å². The first-order valence-corrected chi connectivity index (χ1v) is 9.50. The molecule has 1 amide bonds. The monoisotopic (exact) mass is 393 g/mol. The minimum Gasteiger partial charge on any atom is -0.302 e. The summed E-state index contributed by atoms with van der Waals surface area (Å²) in [6.45, 7) is 5.25. The number of carbonyl (C=O) groups excluding carboxylic acids is 1. The molecule has 0 radical (unpaired) electrons. The number of amides is 1. The Hall–Kier alpha value is -1.24. The van der Waals surface area contributed by atoms with Crippen LogP contribution in [0.2, 0.25) is 0 Å². The van der Waals surface area contributed by atoms with Gasteiger partial charge in [-0.25, -0.2) is 4.98 Å². The molecule has 1 aliphatic rings. The fraction of sp³-hybridized carbons (Fsp3) is 0.412. The van der Waals surface area contributed by atoms with Crippen molar-refractivity contribution in [2.75, 3.05) is 18.4 Å². The molecule has 0 fully saturated rings. The van der Waals surface area contributed by atoms with Gasteiger partial charge in [0.1, 0.15) is 0 Å². The third-order valence-corrected chi connectivity index (χ3v) is 5.52. The van der Waals surface area contributed by atoms with Crippen LogP contribution in [0, 0.1) is 0 Å². The second kappa shape index (κ2) is 7.55. The molecule has 1 aliphatic heterocycles. The number of hydrogen-bond acceptors (Lipinski definition) is 4. The van der Waals surface area contributed by atoms with Gasteiger partial charge in [0.15, 0.2) is 5.13 Å². The van der Waals surface area contributed by atoms with Crippen LogP contribution in [0.15, 0.2) is 28.7 Å². The van der Waals surface area contributed by atoms with Crippen LogP contribution in [0.5, 0.6) is 0 Å². The molecule has 0 saturated carbocycles. The van der Waals surface area contributed by atoms with Gasteiger partial charge in [-0.05, 0) is 30.7 Å². The van der Waals surface area contributed by atoms with Crippen LogP contribution in [0.25, 0.3) is 0 Å². The average Bonchev–Trinajstić information content (AvgIpc) is 2.94. The molecule has 1 N–H and O–H groups in total. The largest absolute Gasteiger partial charge is 0.302 e. The van der Waals surface area contributed by atoms with E-state index in [1.165, 1.54) is 4.88 Å². The molecule has 3 rings (SSSR count). The summed E-state index contributed by atoms with van der Waals surface area (Å²) in [5, 5.41) is 3.70. The topological polar surface area (TPSA) is 45.2 Å². The number of thiazole rings is 1. The molecule has 0 aliphatic carbocycles. The van der Waals surface area contributed by atoms with Gasteiger partial charge >= 0.3 is 0 Å². The Bertz CT molecular complexity index is 701. The molecule has 0 bridgehead atoms. The van der Waals surface area contributed by atoms with Gasteiger partial charge in [-0.2, -0.15) is 0 Å². The minimum atomic E-state index is 0.0309. The number of hydrogen-bond donors (Lipinski definition) is 1. The highest BCUT2D eigenvalue weighted by molar-refractivity contribution is 9.10. The molecule has 0 saturated heterocycles. The van der Waals surface area contributed by atoms with Crippen molar-refractivity contribution in [2.45, 2.75) is 32.7 Å². The van der Waals surface area contributed by atoms with E-state index in [1.54, 1.807) is 11.3 Å². The van der Waals surface area contributed by atoms with E-state index in [4.69, 9.17) is 0 Å². The number of nitrogens with one attached hydrogen (secondary N) is 1. The zero-order valence-electron chi connectivity index (χ0n) is 13.1. The number of halogens is 1. The molecule has 0 unspecified atom stereocenters. The van der Waals surface area contributed by atoms with Crippen LogP contribution >= 0.6 is 27.3 Å². The summed E-state index contributed by atoms with van der Waals surface area (Å²) in [6, 6.07) is 8.07. The number of aryl methyl sites for hydroxylation is 1. The first kappa shape index (κ1) is 16.6. The number of rotatable bonds is 5. The fourth-order valence-electron chi connectivity index (χ4n) is 2.70. The lowest BCUT2D eigenvalue weighted by atomic mass is 10.1. The Balaban J connectivity index is 1.55. The number of benzene rings is 1. The van der Waals surface area contributed by atoms with Gasteiger partial charge in [0.2, 0.25) is 5.91 Å². The van der Waals surface area contributed by atoms with E-state index >= 15 is 0 Å². The highest BCUT2D eigenvalue weighted by Gasteiger charge is 2.20. The Kier molecular flexibility index (Phi) is 5.46. The lowest BCUT2D eigenvalue weighted by Crippen LogP contribution is -2.29. The lowest BCUT2D eigenvalue weighted by molar-refractivity contribution is -0.116. The SMILES string of the molecule is CCN1CCc2nc(NC(=O)CCc3cccc(Br)c3)sc2C1. The molecule has 4 nitrogen and oxygen atoms in total. The van der Waals surface area contributed by atoms with Crippen molar-refractivity contribution >= 4 is 38.3 Å². The second-order valence-corrected chi connectivity index (χ2v) is 7.69. The van der Waals surface area contributed by atoms with E-state index in [1.807, 2.05) is 18.2 Å². The zero-order valence-corrected chi connectivity index (χ0v) is 15.5. The Morgan fingerprint density at radius 1 is 1.48 bits per heavy atom. The maximum Gasteiger partial charge on any atom is 0.226 e. The Morgan fingerprint density at radius 3 is 3.13 bits per heavy atom. The quantitative estimate of drug-likeness (QED) is 0.838. The van der Waals surface area contributed by atoms with E-state index < -0.39 is 0 Å². The van der Waals surface area contributed by atoms with Crippen LogP contribution < -0.4 is 5.32 Å². The Morgan fingerprint density at radius 2 is 2.35 bits per heavy atom. The van der Waals surface area contributed by atoms with Crippen LogP contribution in [0.3, 0.4) is 0 Å². The first-order valence-electron chi connectivity index (χ1n) is 7.89. The molecular formula is C17H20BrN3OS.